The molecule has 2 rings (SSSR count). The van der Waals surface area contributed by atoms with Crippen molar-refractivity contribution in [2.75, 3.05) is 19.6 Å². The molecular formula is C17H28N2. The molecule has 1 heterocycles. The second-order valence-electron chi connectivity index (χ2n) is 5.74. The van der Waals surface area contributed by atoms with Crippen LogP contribution in [0.3, 0.4) is 0 Å². The lowest BCUT2D eigenvalue weighted by Crippen LogP contribution is -2.49. The molecule has 0 amide bonds. The summed E-state index contributed by atoms with van der Waals surface area (Å²) in [5, 5.41) is 0. The number of hydrogen-bond donors (Lipinski definition) is 1. The van der Waals surface area contributed by atoms with Gasteiger partial charge in [-0.3, -0.25) is 4.90 Å². The zero-order valence-corrected chi connectivity index (χ0v) is 12.2. The van der Waals surface area contributed by atoms with Crippen LogP contribution in [0.2, 0.25) is 0 Å². The van der Waals surface area contributed by atoms with E-state index in [1.165, 1.54) is 50.8 Å². The van der Waals surface area contributed by atoms with Crippen molar-refractivity contribution in [1.82, 2.24) is 4.90 Å². The Hall–Kier alpha value is -0.860. The summed E-state index contributed by atoms with van der Waals surface area (Å²) >= 11 is 0. The van der Waals surface area contributed by atoms with Crippen LogP contribution >= 0.6 is 0 Å². The number of rotatable bonds is 6. The molecule has 1 saturated heterocycles. The van der Waals surface area contributed by atoms with Crippen LogP contribution < -0.4 is 5.73 Å². The summed E-state index contributed by atoms with van der Waals surface area (Å²) in [6.07, 6.45) is 6.42. The zero-order chi connectivity index (χ0) is 13.5. The lowest BCUT2D eigenvalue weighted by Gasteiger charge is -2.40. The van der Waals surface area contributed by atoms with E-state index < -0.39 is 0 Å². The van der Waals surface area contributed by atoms with Gasteiger partial charge < -0.3 is 5.73 Å². The van der Waals surface area contributed by atoms with E-state index in [4.69, 9.17) is 5.73 Å². The maximum atomic E-state index is 6.00. The molecule has 0 radical (unpaired) electrons. The largest absolute Gasteiger partial charge is 0.329 e. The molecule has 1 aliphatic rings. The smallest absolute Gasteiger partial charge is 0.0246 e. The molecule has 1 aromatic carbocycles. The summed E-state index contributed by atoms with van der Waals surface area (Å²) in [5.41, 5.74) is 7.46. The molecule has 1 aromatic rings. The molecule has 1 aliphatic heterocycles. The highest BCUT2D eigenvalue weighted by molar-refractivity contribution is 5.14. The van der Waals surface area contributed by atoms with Gasteiger partial charge in [-0.15, -0.1) is 0 Å². The Morgan fingerprint density at radius 2 is 2.05 bits per heavy atom. The van der Waals surface area contributed by atoms with Gasteiger partial charge in [-0.05, 0) is 50.3 Å². The van der Waals surface area contributed by atoms with Crippen molar-refractivity contribution in [1.29, 1.82) is 0 Å². The Labute approximate surface area is 118 Å². The molecule has 0 spiro atoms. The van der Waals surface area contributed by atoms with Gasteiger partial charge in [-0.1, -0.05) is 43.7 Å². The molecule has 2 nitrogen and oxygen atoms in total. The van der Waals surface area contributed by atoms with Crippen molar-refractivity contribution in [3.05, 3.63) is 35.9 Å². The first-order chi connectivity index (χ1) is 9.35. The molecule has 2 N–H and O–H groups in total. The summed E-state index contributed by atoms with van der Waals surface area (Å²) in [6, 6.07) is 11.4. The van der Waals surface area contributed by atoms with Gasteiger partial charge in [0, 0.05) is 12.6 Å². The Morgan fingerprint density at radius 3 is 2.74 bits per heavy atom. The van der Waals surface area contributed by atoms with Crippen molar-refractivity contribution < 1.29 is 0 Å². The van der Waals surface area contributed by atoms with Gasteiger partial charge in [0.1, 0.15) is 0 Å². The SMILES string of the molecule is CCC1CCCN(CCCc2ccccc2)C1CN. The number of hydrogen-bond acceptors (Lipinski definition) is 2. The van der Waals surface area contributed by atoms with Gasteiger partial charge >= 0.3 is 0 Å². The minimum atomic E-state index is 0.620. The highest BCUT2D eigenvalue weighted by Gasteiger charge is 2.28. The Bertz CT molecular complexity index is 350. The second-order valence-corrected chi connectivity index (χ2v) is 5.74. The highest BCUT2D eigenvalue weighted by Crippen LogP contribution is 2.25. The fraction of sp³-hybridized carbons (Fsp3) is 0.647. The average Bonchev–Trinajstić information content (AvgIpc) is 2.48. The molecule has 106 valence electrons. The summed E-state index contributed by atoms with van der Waals surface area (Å²) in [4.78, 5) is 2.64. The molecule has 0 bridgehead atoms. The van der Waals surface area contributed by atoms with Crippen molar-refractivity contribution in [2.24, 2.45) is 11.7 Å². The molecule has 2 unspecified atom stereocenters. The molecule has 0 aliphatic carbocycles. The van der Waals surface area contributed by atoms with Crippen molar-refractivity contribution >= 4 is 0 Å². The molecule has 0 saturated carbocycles. The van der Waals surface area contributed by atoms with E-state index >= 15 is 0 Å². The summed E-state index contributed by atoms with van der Waals surface area (Å²) in [6.45, 7) is 5.57. The van der Waals surface area contributed by atoms with Crippen molar-refractivity contribution in [3.63, 3.8) is 0 Å². The maximum absolute atomic E-state index is 6.00. The molecule has 2 heteroatoms. The maximum Gasteiger partial charge on any atom is 0.0246 e. The van der Waals surface area contributed by atoms with Crippen LogP contribution in [-0.2, 0) is 6.42 Å². The van der Waals surface area contributed by atoms with Crippen LogP contribution in [0.25, 0.3) is 0 Å². The van der Waals surface area contributed by atoms with E-state index in [1.807, 2.05) is 0 Å². The van der Waals surface area contributed by atoms with Gasteiger partial charge in [0.15, 0.2) is 0 Å². The number of aryl methyl sites for hydroxylation is 1. The highest BCUT2D eigenvalue weighted by atomic mass is 15.2. The van der Waals surface area contributed by atoms with Gasteiger partial charge in [0.05, 0.1) is 0 Å². The Balaban J connectivity index is 1.81. The van der Waals surface area contributed by atoms with Crippen molar-refractivity contribution in [3.8, 4) is 0 Å². The average molecular weight is 260 g/mol. The number of nitrogens with two attached hydrogens (primary N) is 1. The number of piperidine rings is 1. The van der Waals surface area contributed by atoms with Gasteiger partial charge in [-0.2, -0.15) is 0 Å². The van der Waals surface area contributed by atoms with Crippen LogP contribution in [-0.4, -0.2) is 30.6 Å². The van der Waals surface area contributed by atoms with E-state index in [1.54, 1.807) is 0 Å². The predicted molar refractivity (Wildman–Crippen MR) is 82.2 cm³/mol. The second kappa shape index (κ2) is 7.66. The van der Waals surface area contributed by atoms with Crippen LogP contribution in [0.4, 0.5) is 0 Å². The minimum absolute atomic E-state index is 0.620. The topological polar surface area (TPSA) is 29.3 Å². The Morgan fingerprint density at radius 1 is 1.26 bits per heavy atom. The lowest BCUT2D eigenvalue weighted by atomic mass is 9.87. The summed E-state index contributed by atoms with van der Waals surface area (Å²) < 4.78 is 0. The Kier molecular flexibility index (Phi) is 5.87. The molecular weight excluding hydrogens is 232 g/mol. The first-order valence-corrected chi connectivity index (χ1v) is 7.83. The normalized spacial score (nSPS) is 24.5. The summed E-state index contributed by atoms with van der Waals surface area (Å²) in [5.74, 6) is 0.815. The van der Waals surface area contributed by atoms with Gasteiger partial charge in [0.2, 0.25) is 0 Å². The van der Waals surface area contributed by atoms with E-state index in [2.05, 4.69) is 42.2 Å². The molecule has 19 heavy (non-hydrogen) atoms. The lowest BCUT2D eigenvalue weighted by molar-refractivity contribution is 0.0943. The third kappa shape index (κ3) is 4.05. The van der Waals surface area contributed by atoms with Crippen molar-refractivity contribution in [2.45, 2.75) is 45.1 Å². The summed E-state index contributed by atoms with van der Waals surface area (Å²) in [7, 11) is 0. The third-order valence-electron chi connectivity index (χ3n) is 4.55. The van der Waals surface area contributed by atoms with Crippen LogP contribution in [0.15, 0.2) is 30.3 Å². The first-order valence-electron chi connectivity index (χ1n) is 7.83. The van der Waals surface area contributed by atoms with Gasteiger partial charge in [0.25, 0.3) is 0 Å². The first kappa shape index (κ1) is 14.5. The predicted octanol–water partition coefficient (Wildman–Crippen LogP) is 3.07. The standard InChI is InChI=1S/C17H28N2/c1-2-16-11-7-13-19(17(16)14-18)12-6-10-15-8-4-3-5-9-15/h3-5,8-9,16-17H,2,6-7,10-14,18H2,1H3. The molecule has 1 fully saturated rings. The zero-order valence-electron chi connectivity index (χ0n) is 12.2. The van der Waals surface area contributed by atoms with E-state index in [9.17, 15) is 0 Å². The fourth-order valence-electron chi connectivity index (χ4n) is 3.44. The van der Waals surface area contributed by atoms with Crippen LogP contribution in [0.5, 0.6) is 0 Å². The quantitative estimate of drug-likeness (QED) is 0.851. The fourth-order valence-corrected chi connectivity index (χ4v) is 3.44. The monoisotopic (exact) mass is 260 g/mol. The van der Waals surface area contributed by atoms with Crippen LogP contribution in [0.1, 0.15) is 38.2 Å². The molecule has 0 aromatic heterocycles. The molecule has 2 atom stereocenters. The van der Waals surface area contributed by atoms with E-state index in [0.717, 1.165) is 12.5 Å². The number of benzene rings is 1. The van der Waals surface area contributed by atoms with Crippen LogP contribution in [0, 0.1) is 5.92 Å². The number of likely N-dealkylation sites (tertiary alicyclic amines) is 1. The van der Waals surface area contributed by atoms with Gasteiger partial charge in [-0.25, -0.2) is 0 Å². The number of nitrogens with zero attached hydrogens (tertiary/aromatic N) is 1. The third-order valence-corrected chi connectivity index (χ3v) is 4.55. The van der Waals surface area contributed by atoms with E-state index in [-0.39, 0.29) is 0 Å². The minimum Gasteiger partial charge on any atom is -0.329 e. The van der Waals surface area contributed by atoms with E-state index in [0.29, 0.717) is 6.04 Å².